The number of amides is 2. The van der Waals surface area contributed by atoms with Gasteiger partial charge in [-0.05, 0) is 115 Å². The number of halogens is 2. The molecule has 5 aromatic rings. The summed E-state index contributed by atoms with van der Waals surface area (Å²) < 4.78 is 39.2. The monoisotopic (exact) mass is 736 g/mol. The molecule has 0 atom stereocenters. The summed E-state index contributed by atoms with van der Waals surface area (Å²) in [5.74, 6) is 0.297. The lowest BCUT2D eigenvalue weighted by Crippen LogP contribution is -2.21. The number of para-hydroxylation sites is 1. The summed E-state index contributed by atoms with van der Waals surface area (Å²) in [4.78, 5) is 24.9. The molecule has 0 saturated heterocycles. The van der Waals surface area contributed by atoms with E-state index in [1.807, 2.05) is 46.9 Å². The van der Waals surface area contributed by atoms with Crippen molar-refractivity contribution in [2.24, 2.45) is 5.10 Å². The number of methoxy groups -OCH3 is 1. The molecule has 0 aliphatic carbocycles. The number of hydrogen-bond donors (Lipinski definition) is 2. The SMILES string of the molecule is COc1cc(/C=N/NC(=O)c2ccc(COc3ccc(-n4c(C)ccc4C)cc3)o2)cc(I)c1OCC(=O)Nc1ccccc1F. The van der Waals surface area contributed by atoms with Crippen molar-refractivity contribution < 1.29 is 32.6 Å². The number of rotatable bonds is 12. The van der Waals surface area contributed by atoms with Crippen molar-refractivity contribution in [3.63, 3.8) is 0 Å². The minimum absolute atomic E-state index is 0.0606. The quantitative estimate of drug-likeness (QED) is 0.0828. The molecule has 12 heteroatoms. The Morgan fingerprint density at radius 2 is 1.72 bits per heavy atom. The fourth-order valence-corrected chi connectivity index (χ4v) is 5.34. The van der Waals surface area contributed by atoms with Crippen LogP contribution in [0.2, 0.25) is 0 Å². The maximum atomic E-state index is 13.8. The van der Waals surface area contributed by atoms with E-state index >= 15 is 0 Å². The average Bonchev–Trinajstić information content (AvgIpc) is 3.66. The van der Waals surface area contributed by atoms with Crippen LogP contribution in [0.25, 0.3) is 5.69 Å². The van der Waals surface area contributed by atoms with E-state index in [1.54, 1.807) is 30.3 Å². The van der Waals surface area contributed by atoms with Crippen LogP contribution in [0, 0.1) is 23.2 Å². The van der Waals surface area contributed by atoms with E-state index in [9.17, 15) is 14.0 Å². The third kappa shape index (κ3) is 7.93. The van der Waals surface area contributed by atoms with E-state index in [0.29, 0.717) is 32.1 Å². The minimum atomic E-state index is -0.545. The molecule has 46 heavy (non-hydrogen) atoms. The number of carbonyl (C=O) groups excluding carboxylic acids is 2. The third-order valence-electron chi connectivity index (χ3n) is 6.76. The molecule has 0 saturated carbocycles. The fourth-order valence-electron chi connectivity index (χ4n) is 4.56. The zero-order valence-electron chi connectivity index (χ0n) is 25.2. The summed E-state index contributed by atoms with van der Waals surface area (Å²) in [6, 6.07) is 24.3. The van der Waals surface area contributed by atoms with Crippen LogP contribution in [0.1, 0.15) is 33.3 Å². The van der Waals surface area contributed by atoms with Gasteiger partial charge in [-0.25, -0.2) is 9.82 Å². The van der Waals surface area contributed by atoms with E-state index in [2.05, 4.69) is 46.4 Å². The molecule has 2 aromatic heterocycles. The van der Waals surface area contributed by atoms with Gasteiger partial charge in [0.05, 0.1) is 22.6 Å². The molecule has 0 aliphatic heterocycles. The van der Waals surface area contributed by atoms with Crippen LogP contribution in [-0.2, 0) is 11.4 Å². The number of aromatic nitrogens is 1. The molecule has 5 rings (SSSR count). The van der Waals surface area contributed by atoms with Gasteiger partial charge in [-0.2, -0.15) is 5.10 Å². The highest BCUT2D eigenvalue weighted by Gasteiger charge is 2.15. The van der Waals surface area contributed by atoms with Gasteiger partial charge in [0.2, 0.25) is 0 Å². The average molecular weight is 737 g/mol. The Morgan fingerprint density at radius 3 is 2.43 bits per heavy atom. The maximum absolute atomic E-state index is 13.8. The lowest BCUT2D eigenvalue weighted by Gasteiger charge is -2.13. The van der Waals surface area contributed by atoms with Gasteiger partial charge >= 0.3 is 5.91 Å². The number of aryl methyl sites for hydroxylation is 2. The maximum Gasteiger partial charge on any atom is 0.307 e. The molecule has 0 fully saturated rings. The summed E-state index contributed by atoms with van der Waals surface area (Å²) in [7, 11) is 1.46. The number of nitrogens with one attached hydrogen (secondary N) is 2. The van der Waals surface area contributed by atoms with Crippen molar-refractivity contribution in [1.82, 2.24) is 9.99 Å². The first kappa shape index (κ1) is 32.3. The van der Waals surface area contributed by atoms with Crippen molar-refractivity contribution in [3.05, 3.63) is 123 Å². The molecular weight excluding hydrogens is 706 g/mol. The summed E-state index contributed by atoms with van der Waals surface area (Å²) in [5.41, 5.74) is 6.45. The highest BCUT2D eigenvalue weighted by atomic mass is 127. The van der Waals surface area contributed by atoms with Crippen LogP contribution >= 0.6 is 22.6 Å². The van der Waals surface area contributed by atoms with Gasteiger partial charge in [0.25, 0.3) is 5.91 Å². The normalized spacial score (nSPS) is 11.0. The van der Waals surface area contributed by atoms with Gasteiger partial charge in [-0.15, -0.1) is 0 Å². The first-order valence-electron chi connectivity index (χ1n) is 14.1. The molecule has 0 spiro atoms. The van der Waals surface area contributed by atoms with Crippen molar-refractivity contribution in [1.29, 1.82) is 0 Å². The zero-order chi connectivity index (χ0) is 32.6. The Bertz CT molecular complexity index is 1860. The van der Waals surface area contributed by atoms with Gasteiger partial charge in [0.15, 0.2) is 23.9 Å². The number of hydrogen-bond acceptors (Lipinski definition) is 7. The fraction of sp³-hybridized carbons (Fsp3) is 0.147. The first-order valence-corrected chi connectivity index (χ1v) is 15.1. The van der Waals surface area contributed by atoms with Crippen molar-refractivity contribution in [3.8, 4) is 22.9 Å². The molecular formula is C34H30FIN4O6. The molecule has 2 N–H and O–H groups in total. The second-order valence-electron chi connectivity index (χ2n) is 10.0. The highest BCUT2D eigenvalue weighted by molar-refractivity contribution is 14.1. The molecule has 0 bridgehead atoms. The Morgan fingerprint density at radius 1 is 0.978 bits per heavy atom. The summed E-state index contributed by atoms with van der Waals surface area (Å²) in [6.45, 7) is 3.90. The predicted octanol–water partition coefficient (Wildman–Crippen LogP) is 6.80. The summed E-state index contributed by atoms with van der Waals surface area (Å²) in [6.07, 6.45) is 1.44. The molecule has 10 nitrogen and oxygen atoms in total. The van der Waals surface area contributed by atoms with E-state index in [0.717, 1.165) is 17.1 Å². The number of ether oxygens (including phenoxy) is 3. The first-order chi connectivity index (χ1) is 22.2. The van der Waals surface area contributed by atoms with Crippen LogP contribution in [0.15, 0.2) is 94.4 Å². The molecule has 236 valence electrons. The number of carbonyl (C=O) groups is 2. The van der Waals surface area contributed by atoms with Crippen LogP contribution in [-0.4, -0.2) is 36.3 Å². The Labute approximate surface area is 278 Å². The minimum Gasteiger partial charge on any atom is -0.493 e. The number of benzene rings is 3. The summed E-state index contributed by atoms with van der Waals surface area (Å²) >= 11 is 2.03. The van der Waals surface area contributed by atoms with Crippen molar-refractivity contribution >= 4 is 46.3 Å². The Hall–Kier alpha value is -5.11. The molecule has 2 amide bonds. The number of anilines is 1. The standard InChI is InChI=1S/C34H30FIN4O6/c1-21-8-9-22(2)40(21)24-10-12-25(13-11-24)44-19-26-14-15-30(46-26)34(42)39-37-18-23-16-28(36)33(31(17-23)43-3)45-20-32(41)38-29-7-5-4-6-27(29)35/h4-18H,19-20H2,1-3H3,(H,38,41)(H,39,42)/b37-18+. The highest BCUT2D eigenvalue weighted by Crippen LogP contribution is 2.33. The summed E-state index contributed by atoms with van der Waals surface area (Å²) in [5, 5.41) is 6.49. The number of furan rings is 1. The van der Waals surface area contributed by atoms with E-state index < -0.39 is 17.6 Å². The van der Waals surface area contributed by atoms with Gasteiger partial charge in [0, 0.05) is 17.1 Å². The van der Waals surface area contributed by atoms with Crippen LogP contribution in [0.5, 0.6) is 17.2 Å². The topological polar surface area (TPSA) is 116 Å². The van der Waals surface area contributed by atoms with Crippen LogP contribution in [0.4, 0.5) is 10.1 Å². The third-order valence-corrected chi connectivity index (χ3v) is 7.56. The molecule has 2 heterocycles. The lowest BCUT2D eigenvalue weighted by molar-refractivity contribution is -0.118. The number of hydrazone groups is 1. The van der Waals surface area contributed by atoms with Crippen LogP contribution < -0.4 is 25.0 Å². The zero-order valence-corrected chi connectivity index (χ0v) is 27.3. The Kier molecular flexibility index (Phi) is 10.4. The van der Waals surface area contributed by atoms with Crippen LogP contribution in [0.3, 0.4) is 0 Å². The van der Waals surface area contributed by atoms with E-state index in [4.69, 9.17) is 18.6 Å². The Balaban J connectivity index is 1.12. The van der Waals surface area contributed by atoms with Gasteiger partial charge in [0.1, 0.15) is 23.9 Å². The molecule has 3 aromatic carbocycles. The van der Waals surface area contributed by atoms with Gasteiger partial charge in [-0.3, -0.25) is 9.59 Å². The lowest BCUT2D eigenvalue weighted by atomic mass is 10.2. The van der Waals surface area contributed by atoms with Gasteiger partial charge < -0.3 is 28.5 Å². The second kappa shape index (κ2) is 14.8. The van der Waals surface area contributed by atoms with E-state index in [-0.39, 0.29) is 24.7 Å². The van der Waals surface area contributed by atoms with Crippen molar-refractivity contribution in [2.45, 2.75) is 20.5 Å². The molecule has 0 aliphatic rings. The predicted molar refractivity (Wildman–Crippen MR) is 180 cm³/mol. The smallest absolute Gasteiger partial charge is 0.307 e. The van der Waals surface area contributed by atoms with E-state index in [1.165, 1.54) is 31.5 Å². The van der Waals surface area contributed by atoms with Gasteiger partial charge in [-0.1, -0.05) is 12.1 Å². The molecule has 0 unspecified atom stereocenters. The van der Waals surface area contributed by atoms with Crippen molar-refractivity contribution in [2.75, 3.05) is 19.0 Å². The second-order valence-corrected chi connectivity index (χ2v) is 11.2. The largest absolute Gasteiger partial charge is 0.493 e. The molecule has 0 radical (unpaired) electrons. The number of nitrogens with zero attached hydrogens (tertiary/aromatic N) is 2.